The van der Waals surface area contributed by atoms with E-state index in [-0.39, 0.29) is 13.2 Å². The molecule has 0 spiro atoms. The lowest BCUT2D eigenvalue weighted by molar-refractivity contribution is -0.140. The summed E-state index contributed by atoms with van der Waals surface area (Å²) < 4.78 is 10.8. The van der Waals surface area contributed by atoms with Gasteiger partial charge in [0.2, 0.25) is 0 Å². The Labute approximate surface area is 128 Å². The first-order valence-corrected chi connectivity index (χ1v) is 6.85. The van der Waals surface area contributed by atoms with Crippen LogP contribution in [0.5, 0.6) is 5.75 Å². The van der Waals surface area contributed by atoms with Crippen molar-refractivity contribution in [2.75, 3.05) is 6.61 Å². The van der Waals surface area contributed by atoms with Gasteiger partial charge >= 0.3 is 5.97 Å². The summed E-state index contributed by atoms with van der Waals surface area (Å²) in [6.07, 6.45) is 1.78. The van der Waals surface area contributed by atoms with Crippen molar-refractivity contribution >= 4 is 12.0 Å². The van der Waals surface area contributed by atoms with Gasteiger partial charge in [0.1, 0.15) is 19.0 Å². The first-order chi connectivity index (χ1) is 10.8. The van der Waals surface area contributed by atoms with Crippen molar-refractivity contribution in [1.29, 1.82) is 5.26 Å². The topological polar surface area (TPSA) is 59.3 Å². The lowest BCUT2D eigenvalue weighted by Gasteiger charge is -2.17. The minimum atomic E-state index is -0.406. The molecular weight excluding hydrogens is 278 g/mol. The quantitative estimate of drug-likeness (QED) is 0.815. The highest BCUT2D eigenvalue weighted by atomic mass is 16.5. The van der Waals surface area contributed by atoms with E-state index in [0.29, 0.717) is 11.1 Å². The second-order valence-electron chi connectivity index (χ2n) is 4.88. The molecule has 0 saturated carbocycles. The molecule has 0 aliphatic carbocycles. The van der Waals surface area contributed by atoms with Crippen LogP contribution in [0.4, 0.5) is 0 Å². The third kappa shape index (κ3) is 2.99. The lowest BCUT2D eigenvalue weighted by Crippen LogP contribution is -2.17. The van der Waals surface area contributed by atoms with Crippen molar-refractivity contribution in [2.24, 2.45) is 0 Å². The average Bonchev–Trinajstić information content (AvgIpc) is 2.59. The summed E-state index contributed by atoms with van der Waals surface area (Å²) in [6.45, 7) is 0.335. The van der Waals surface area contributed by atoms with Crippen molar-refractivity contribution in [3.05, 3.63) is 70.8 Å². The number of fused-ring (bicyclic) bond motifs is 1. The van der Waals surface area contributed by atoms with Gasteiger partial charge in [0, 0.05) is 5.56 Å². The smallest absolute Gasteiger partial charge is 0.337 e. The number of ether oxygens (including phenoxy) is 2. The summed E-state index contributed by atoms with van der Waals surface area (Å²) in [5.41, 5.74) is 2.68. The van der Waals surface area contributed by atoms with E-state index in [9.17, 15) is 4.79 Å². The van der Waals surface area contributed by atoms with Gasteiger partial charge in [-0.15, -0.1) is 0 Å². The summed E-state index contributed by atoms with van der Waals surface area (Å²) >= 11 is 0. The molecule has 4 nitrogen and oxygen atoms in total. The minimum Gasteiger partial charge on any atom is -0.488 e. The van der Waals surface area contributed by atoms with Crippen molar-refractivity contribution in [3.8, 4) is 11.8 Å². The van der Waals surface area contributed by atoms with E-state index in [1.54, 1.807) is 24.3 Å². The summed E-state index contributed by atoms with van der Waals surface area (Å²) in [5, 5.41) is 8.85. The standard InChI is InChI=1S/C18H13NO3/c19-10-13-4-3-5-14(8-13)11-22-18(20)16-9-15-6-1-2-7-17(15)21-12-16/h1-9H,11-12H2. The number of rotatable bonds is 3. The molecule has 0 bridgehead atoms. The molecule has 22 heavy (non-hydrogen) atoms. The molecule has 2 aromatic carbocycles. The van der Waals surface area contributed by atoms with Gasteiger partial charge in [-0.3, -0.25) is 0 Å². The monoisotopic (exact) mass is 291 g/mol. The Bertz CT molecular complexity index is 787. The maximum Gasteiger partial charge on any atom is 0.337 e. The molecule has 0 unspecified atom stereocenters. The molecule has 2 aromatic rings. The Hall–Kier alpha value is -3.06. The summed E-state index contributed by atoms with van der Waals surface area (Å²) in [4.78, 5) is 12.1. The maximum absolute atomic E-state index is 12.1. The molecule has 0 fully saturated rings. The fourth-order valence-corrected chi connectivity index (χ4v) is 2.21. The largest absolute Gasteiger partial charge is 0.488 e. The number of esters is 1. The second kappa shape index (κ2) is 6.15. The summed E-state index contributed by atoms with van der Waals surface area (Å²) in [5.74, 6) is 0.359. The van der Waals surface area contributed by atoms with Gasteiger partial charge in [-0.2, -0.15) is 5.26 Å². The zero-order valence-electron chi connectivity index (χ0n) is 11.8. The van der Waals surface area contributed by atoms with Crippen molar-refractivity contribution in [3.63, 3.8) is 0 Å². The molecule has 0 N–H and O–H groups in total. The lowest BCUT2D eigenvalue weighted by atomic mass is 10.1. The van der Waals surface area contributed by atoms with Gasteiger partial charge in [0.15, 0.2) is 0 Å². The fraction of sp³-hybridized carbons (Fsp3) is 0.111. The number of hydrogen-bond acceptors (Lipinski definition) is 4. The van der Waals surface area contributed by atoms with Crippen molar-refractivity contribution in [1.82, 2.24) is 0 Å². The third-order valence-corrected chi connectivity index (χ3v) is 3.32. The maximum atomic E-state index is 12.1. The van der Waals surface area contributed by atoms with Gasteiger partial charge in [-0.25, -0.2) is 4.79 Å². The molecule has 1 aliphatic rings. The van der Waals surface area contributed by atoms with Crippen LogP contribution in [-0.2, 0) is 16.1 Å². The van der Waals surface area contributed by atoms with Crippen LogP contribution in [0.15, 0.2) is 54.1 Å². The molecule has 0 atom stereocenters. The van der Waals surface area contributed by atoms with Crippen molar-refractivity contribution in [2.45, 2.75) is 6.61 Å². The highest BCUT2D eigenvalue weighted by molar-refractivity contribution is 5.95. The number of carbonyl (C=O) groups excluding carboxylic acids is 1. The predicted molar refractivity (Wildman–Crippen MR) is 80.9 cm³/mol. The second-order valence-corrected chi connectivity index (χ2v) is 4.88. The Morgan fingerprint density at radius 1 is 1.23 bits per heavy atom. The Kier molecular flexibility index (Phi) is 3.88. The Balaban J connectivity index is 1.68. The summed E-state index contributed by atoms with van der Waals surface area (Å²) in [6, 6.07) is 16.6. The Morgan fingerprint density at radius 2 is 2.09 bits per heavy atom. The SMILES string of the molecule is N#Cc1cccc(COC(=O)C2=Cc3ccccc3OC2)c1. The molecule has 1 aliphatic heterocycles. The van der Waals surface area contributed by atoms with Gasteiger partial charge in [0.25, 0.3) is 0 Å². The normalized spacial score (nSPS) is 12.4. The van der Waals surface area contributed by atoms with E-state index in [0.717, 1.165) is 16.9 Å². The van der Waals surface area contributed by atoms with Crippen LogP contribution in [0, 0.1) is 11.3 Å². The van der Waals surface area contributed by atoms with Crippen LogP contribution in [0.1, 0.15) is 16.7 Å². The zero-order chi connectivity index (χ0) is 15.4. The van der Waals surface area contributed by atoms with Crippen LogP contribution in [0.3, 0.4) is 0 Å². The van der Waals surface area contributed by atoms with E-state index in [1.165, 1.54) is 0 Å². The van der Waals surface area contributed by atoms with Gasteiger partial charge in [-0.05, 0) is 29.8 Å². The van der Waals surface area contributed by atoms with Gasteiger partial charge in [0.05, 0.1) is 17.2 Å². The average molecular weight is 291 g/mol. The molecule has 0 radical (unpaired) electrons. The molecule has 3 rings (SSSR count). The molecule has 0 aromatic heterocycles. The third-order valence-electron chi connectivity index (χ3n) is 3.32. The predicted octanol–water partition coefficient (Wildman–Crippen LogP) is 3.08. The molecule has 0 saturated heterocycles. The Morgan fingerprint density at radius 3 is 2.95 bits per heavy atom. The first-order valence-electron chi connectivity index (χ1n) is 6.85. The van der Waals surface area contributed by atoms with E-state index < -0.39 is 5.97 Å². The number of nitrogens with zero attached hydrogens (tertiary/aromatic N) is 1. The van der Waals surface area contributed by atoms with E-state index >= 15 is 0 Å². The molecule has 4 heteroatoms. The van der Waals surface area contributed by atoms with Crippen LogP contribution in [0.25, 0.3) is 6.08 Å². The van der Waals surface area contributed by atoms with Crippen LogP contribution in [0.2, 0.25) is 0 Å². The number of benzene rings is 2. The summed E-state index contributed by atoms with van der Waals surface area (Å²) in [7, 11) is 0. The zero-order valence-corrected chi connectivity index (χ0v) is 11.8. The van der Waals surface area contributed by atoms with E-state index in [4.69, 9.17) is 14.7 Å². The number of para-hydroxylation sites is 1. The van der Waals surface area contributed by atoms with E-state index in [2.05, 4.69) is 6.07 Å². The number of carbonyl (C=O) groups is 1. The number of hydrogen-bond donors (Lipinski definition) is 0. The molecule has 0 amide bonds. The van der Waals surface area contributed by atoms with Crippen LogP contribution < -0.4 is 4.74 Å². The molecule has 108 valence electrons. The first kappa shape index (κ1) is 13.9. The highest BCUT2D eigenvalue weighted by Gasteiger charge is 2.18. The molecule has 1 heterocycles. The van der Waals surface area contributed by atoms with E-state index in [1.807, 2.05) is 30.3 Å². The fourth-order valence-electron chi connectivity index (χ4n) is 2.21. The number of nitriles is 1. The van der Waals surface area contributed by atoms with Gasteiger partial charge in [-0.1, -0.05) is 30.3 Å². The van der Waals surface area contributed by atoms with Crippen molar-refractivity contribution < 1.29 is 14.3 Å². The minimum absolute atomic E-state index is 0.132. The van der Waals surface area contributed by atoms with Gasteiger partial charge < -0.3 is 9.47 Å². The van der Waals surface area contributed by atoms with Crippen LogP contribution in [-0.4, -0.2) is 12.6 Å². The van der Waals surface area contributed by atoms with Crippen LogP contribution >= 0.6 is 0 Å². The highest BCUT2D eigenvalue weighted by Crippen LogP contribution is 2.26. The molecular formula is C18H13NO3.